The standard InChI is InChI=1S/C23H21FN4O2/c1-14-4-5-16(11-25-14)13-30-18-7-8-19(21(10-18)29-3)22-15(2)27-23(28-22)20-9-6-17(24)12-26-20/h4-12H,13H2,1-3H3,(H,27,28). The lowest BCUT2D eigenvalue weighted by molar-refractivity contribution is 0.303. The Morgan fingerprint density at radius 1 is 1.00 bits per heavy atom. The molecule has 3 heterocycles. The minimum absolute atomic E-state index is 0.388. The van der Waals surface area contributed by atoms with Gasteiger partial charge in [0.05, 0.1) is 19.0 Å². The van der Waals surface area contributed by atoms with Crippen LogP contribution in [0.1, 0.15) is 17.0 Å². The zero-order valence-electron chi connectivity index (χ0n) is 16.9. The van der Waals surface area contributed by atoms with Gasteiger partial charge in [-0.1, -0.05) is 6.07 Å². The third-order valence-electron chi connectivity index (χ3n) is 4.66. The number of methoxy groups -OCH3 is 1. The summed E-state index contributed by atoms with van der Waals surface area (Å²) in [6.07, 6.45) is 2.97. The maximum atomic E-state index is 13.2. The molecule has 6 nitrogen and oxygen atoms in total. The number of rotatable bonds is 6. The number of hydrogen-bond donors (Lipinski definition) is 1. The van der Waals surface area contributed by atoms with Crippen LogP contribution in [0.2, 0.25) is 0 Å². The van der Waals surface area contributed by atoms with E-state index in [4.69, 9.17) is 9.47 Å². The highest BCUT2D eigenvalue weighted by Crippen LogP contribution is 2.35. The van der Waals surface area contributed by atoms with Gasteiger partial charge in [0, 0.05) is 34.8 Å². The molecule has 4 aromatic rings. The van der Waals surface area contributed by atoms with Crippen molar-refractivity contribution in [2.75, 3.05) is 7.11 Å². The van der Waals surface area contributed by atoms with Crippen LogP contribution in [0.25, 0.3) is 22.8 Å². The van der Waals surface area contributed by atoms with Crippen LogP contribution < -0.4 is 9.47 Å². The van der Waals surface area contributed by atoms with Crippen LogP contribution in [-0.2, 0) is 6.61 Å². The van der Waals surface area contributed by atoms with Gasteiger partial charge in [0.15, 0.2) is 5.82 Å². The van der Waals surface area contributed by atoms with E-state index in [-0.39, 0.29) is 5.82 Å². The number of nitrogens with zero attached hydrogens (tertiary/aromatic N) is 3. The number of hydrogen-bond acceptors (Lipinski definition) is 5. The second-order valence-electron chi connectivity index (χ2n) is 6.88. The summed E-state index contributed by atoms with van der Waals surface area (Å²) in [5.41, 5.74) is 4.94. The Balaban J connectivity index is 1.58. The Morgan fingerprint density at radius 2 is 1.87 bits per heavy atom. The summed E-state index contributed by atoms with van der Waals surface area (Å²) in [6, 6.07) is 12.5. The molecule has 152 valence electrons. The SMILES string of the molecule is COc1cc(OCc2ccc(C)nc2)ccc1-c1nc(-c2ccc(F)cn2)[nH]c1C. The molecule has 1 aromatic carbocycles. The van der Waals surface area contributed by atoms with Crippen LogP contribution in [0.5, 0.6) is 11.5 Å². The fourth-order valence-corrected chi connectivity index (χ4v) is 3.07. The number of benzene rings is 1. The quantitative estimate of drug-likeness (QED) is 0.496. The highest BCUT2D eigenvalue weighted by Gasteiger charge is 2.16. The van der Waals surface area contributed by atoms with E-state index in [1.54, 1.807) is 19.4 Å². The van der Waals surface area contributed by atoms with E-state index >= 15 is 0 Å². The zero-order valence-corrected chi connectivity index (χ0v) is 16.9. The molecular weight excluding hydrogens is 383 g/mol. The number of halogens is 1. The second kappa shape index (κ2) is 8.32. The number of ether oxygens (including phenoxy) is 2. The number of aryl methyl sites for hydroxylation is 2. The average molecular weight is 404 g/mol. The van der Waals surface area contributed by atoms with Crippen molar-refractivity contribution in [3.05, 3.63) is 77.6 Å². The lowest BCUT2D eigenvalue weighted by Gasteiger charge is -2.11. The summed E-state index contributed by atoms with van der Waals surface area (Å²) in [7, 11) is 1.61. The van der Waals surface area contributed by atoms with Gasteiger partial charge in [-0.3, -0.25) is 4.98 Å². The summed E-state index contributed by atoms with van der Waals surface area (Å²) in [4.78, 5) is 16.2. The number of H-pyrrole nitrogens is 1. The average Bonchev–Trinajstić information content (AvgIpc) is 3.15. The highest BCUT2D eigenvalue weighted by molar-refractivity contribution is 5.72. The summed E-state index contributed by atoms with van der Waals surface area (Å²) in [5.74, 6) is 1.50. The van der Waals surface area contributed by atoms with Gasteiger partial charge in [-0.15, -0.1) is 0 Å². The number of aromatic nitrogens is 4. The smallest absolute Gasteiger partial charge is 0.156 e. The summed E-state index contributed by atoms with van der Waals surface area (Å²) in [5, 5.41) is 0. The normalized spacial score (nSPS) is 10.8. The molecule has 30 heavy (non-hydrogen) atoms. The minimum atomic E-state index is -0.388. The maximum Gasteiger partial charge on any atom is 0.156 e. The molecule has 0 amide bonds. The largest absolute Gasteiger partial charge is 0.496 e. The molecular formula is C23H21FN4O2. The van der Waals surface area contributed by atoms with Crippen molar-refractivity contribution in [1.29, 1.82) is 0 Å². The molecule has 4 rings (SSSR count). The van der Waals surface area contributed by atoms with Crippen LogP contribution in [0.3, 0.4) is 0 Å². The molecule has 0 aliphatic carbocycles. The minimum Gasteiger partial charge on any atom is -0.496 e. The van der Waals surface area contributed by atoms with Gasteiger partial charge < -0.3 is 14.5 Å². The molecule has 0 aliphatic rings. The monoisotopic (exact) mass is 404 g/mol. The fourth-order valence-electron chi connectivity index (χ4n) is 3.07. The molecule has 3 aromatic heterocycles. The Hall–Kier alpha value is -3.74. The van der Waals surface area contributed by atoms with Gasteiger partial charge in [0.1, 0.15) is 29.6 Å². The first kappa shape index (κ1) is 19.6. The third-order valence-corrected chi connectivity index (χ3v) is 4.66. The molecule has 0 bridgehead atoms. The molecule has 0 fully saturated rings. The van der Waals surface area contributed by atoms with Crippen LogP contribution in [0, 0.1) is 19.7 Å². The topological polar surface area (TPSA) is 72.9 Å². The van der Waals surface area contributed by atoms with E-state index in [2.05, 4.69) is 19.9 Å². The van der Waals surface area contributed by atoms with Crippen molar-refractivity contribution in [3.8, 4) is 34.3 Å². The summed E-state index contributed by atoms with van der Waals surface area (Å²) < 4.78 is 24.6. The van der Waals surface area contributed by atoms with Gasteiger partial charge in [-0.05, 0) is 44.2 Å². The molecule has 0 atom stereocenters. The lowest BCUT2D eigenvalue weighted by Crippen LogP contribution is -1.98. The first-order valence-corrected chi connectivity index (χ1v) is 9.45. The predicted octanol–water partition coefficient (Wildman–Crippen LogP) is 4.88. The van der Waals surface area contributed by atoms with E-state index in [9.17, 15) is 4.39 Å². The van der Waals surface area contributed by atoms with Gasteiger partial charge in [-0.25, -0.2) is 14.4 Å². The zero-order chi connectivity index (χ0) is 21.1. The van der Waals surface area contributed by atoms with Crippen LogP contribution in [-0.4, -0.2) is 27.0 Å². The van der Waals surface area contributed by atoms with E-state index in [0.29, 0.717) is 29.6 Å². The Morgan fingerprint density at radius 3 is 2.57 bits per heavy atom. The molecule has 0 radical (unpaired) electrons. The van der Waals surface area contributed by atoms with Crippen LogP contribution >= 0.6 is 0 Å². The van der Waals surface area contributed by atoms with Gasteiger partial charge >= 0.3 is 0 Å². The van der Waals surface area contributed by atoms with E-state index in [1.165, 1.54) is 12.3 Å². The molecule has 0 unspecified atom stereocenters. The second-order valence-corrected chi connectivity index (χ2v) is 6.88. The predicted molar refractivity (Wildman–Crippen MR) is 112 cm³/mol. The van der Waals surface area contributed by atoms with Crippen molar-refractivity contribution in [1.82, 2.24) is 19.9 Å². The molecule has 0 saturated heterocycles. The van der Waals surface area contributed by atoms with Crippen LogP contribution in [0.15, 0.2) is 54.9 Å². The third kappa shape index (κ3) is 4.15. The number of nitrogens with one attached hydrogen (secondary N) is 1. The van der Waals surface area contributed by atoms with Crippen molar-refractivity contribution >= 4 is 0 Å². The first-order chi connectivity index (χ1) is 14.5. The first-order valence-electron chi connectivity index (χ1n) is 9.45. The lowest BCUT2D eigenvalue weighted by atomic mass is 10.1. The molecule has 7 heteroatoms. The van der Waals surface area contributed by atoms with Gasteiger partial charge in [0.2, 0.25) is 0 Å². The van der Waals surface area contributed by atoms with Crippen molar-refractivity contribution < 1.29 is 13.9 Å². The Bertz CT molecular complexity index is 1160. The maximum absolute atomic E-state index is 13.2. The molecule has 1 N–H and O–H groups in total. The number of aromatic amines is 1. The molecule has 0 saturated carbocycles. The van der Waals surface area contributed by atoms with Crippen molar-refractivity contribution in [2.24, 2.45) is 0 Å². The van der Waals surface area contributed by atoms with Gasteiger partial charge in [-0.2, -0.15) is 0 Å². The highest BCUT2D eigenvalue weighted by atomic mass is 19.1. The molecule has 0 aliphatic heterocycles. The van der Waals surface area contributed by atoms with E-state index in [0.717, 1.165) is 28.2 Å². The Labute approximate surface area is 173 Å². The molecule has 0 spiro atoms. The summed E-state index contributed by atoms with van der Waals surface area (Å²) in [6.45, 7) is 4.28. The van der Waals surface area contributed by atoms with Crippen LogP contribution in [0.4, 0.5) is 4.39 Å². The van der Waals surface area contributed by atoms with Gasteiger partial charge in [0.25, 0.3) is 0 Å². The number of pyridine rings is 2. The summed E-state index contributed by atoms with van der Waals surface area (Å²) >= 11 is 0. The van der Waals surface area contributed by atoms with E-state index < -0.39 is 0 Å². The number of imidazole rings is 1. The van der Waals surface area contributed by atoms with E-state index in [1.807, 2.05) is 44.2 Å². The fraction of sp³-hybridized carbons (Fsp3) is 0.174. The Kier molecular flexibility index (Phi) is 5.43. The van der Waals surface area contributed by atoms with Crippen molar-refractivity contribution in [2.45, 2.75) is 20.5 Å². The van der Waals surface area contributed by atoms with Crippen molar-refractivity contribution in [3.63, 3.8) is 0 Å².